The summed E-state index contributed by atoms with van der Waals surface area (Å²) in [5.74, 6) is -0.724. The number of benzene rings is 1. The molecule has 3 nitrogen and oxygen atoms in total. The topological polar surface area (TPSA) is 50.4 Å². The second-order valence-electron chi connectivity index (χ2n) is 4.49. The van der Waals surface area contributed by atoms with E-state index in [4.69, 9.17) is 9.52 Å². The van der Waals surface area contributed by atoms with E-state index in [1.165, 1.54) is 0 Å². The van der Waals surface area contributed by atoms with E-state index in [-0.39, 0.29) is 11.8 Å². The van der Waals surface area contributed by atoms with Crippen LogP contribution in [-0.4, -0.2) is 11.1 Å². The van der Waals surface area contributed by atoms with Crippen molar-refractivity contribution >= 4 is 16.9 Å². The molecule has 1 aromatic heterocycles. The van der Waals surface area contributed by atoms with E-state index < -0.39 is 5.97 Å². The van der Waals surface area contributed by atoms with Crippen LogP contribution in [0, 0.1) is 0 Å². The molecule has 1 fully saturated rings. The lowest BCUT2D eigenvalue weighted by Crippen LogP contribution is -2.13. The largest absolute Gasteiger partial charge is 0.481 e. The van der Waals surface area contributed by atoms with Gasteiger partial charge in [0.05, 0.1) is 12.7 Å². The Morgan fingerprint density at radius 2 is 2.19 bits per heavy atom. The predicted octanol–water partition coefficient (Wildman–Crippen LogP) is 2.94. The van der Waals surface area contributed by atoms with Gasteiger partial charge < -0.3 is 9.52 Å². The van der Waals surface area contributed by atoms with Crippen LogP contribution in [0.4, 0.5) is 0 Å². The van der Waals surface area contributed by atoms with Gasteiger partial charge in [-0.25, -0.2) is 0 Å². The zero-order valence-electron chi connectivity index (χ0n) is 8.77. The molecule has 0 atom stereocenters. The zero-order chi connectivity index (χ0) is 11.2. The molecule has 1 aromatic carbocycles. The van der Waals surface area contributed by atoms with Gasteiger partial charge >= 0.3 is 5.97 Å². The molecule has 1 heterocycles. The number of fused-ring (bicyclic) bond motifs is 1. The fourth-order valence-corrected chi connectivity index (χ4v) is 2.44. The van der Waals surface area contributed by atoms with Crippen LogP contribution in [-0.2, 0) is 10.2 Å². The van der Waals surface area contributed by atoms with Gasteiger partial charge in [0, 0.05) is 10.8 Å². The summed E-state index contributed by atoms with van der Waals surface area (Å²) in [6.07, 6.45) is 3.80. The molecule has 3 heteroatoms. The molecular formula is C13H12O3. The smallest absolute Gasteiger partial charge is 0.304 e. The number of hydrogen-bond donors (Lipinski definition) is 1. The summed E-state index contributed by atoms with van der Waals surface area (Å²) in [6.45, 7) is 0. The Kier molecular flexibility index (Phi) is 1.84. The molecule has 0 saturated heterocycles. The molecule has 0 radical (unpaired) electrons. The maximum Gasteiger partial charge on any atom is 0.304 e. The maximum absolute atomic E-state index is 10.9. The van der Waals surface area contributed by atoms with Crippen molar-refractivity contribution in [3.05, 3.63) is 36.1 Å². The van der Waals surface area contributed by atoms with Gasteiger partial charge in [-0.1, -0.05) is 12.1 Å². The normalized spacial score (nSPS) is 17.5. The summed E-state index contributed by atoms with van der Waals surface area (Å²) in [5, 5.41) is 10.0. The van der Waals surface area contributed by atoms with Gasteiger partial charge in [-0.05, 0) is 30.5 Å². The fraction of sp³-hybridized carbons (Fsp3) is 0.308. The summed E-state index contributed by atoms with van der Waals surface area (Å²) >= 11 is 0. The van der Waals surface area contributed by atoms with Crippen molar-refractivity contribution in [2.75, 3.05) is 0 Å². The van der Waals surface area contributed by atoms with E-state index in [1.807, 2.05) is 24.3 Å². The maximum atomic E-state index is 10.9. The summed E-state index contributed by atoms with van der Waals surface area (Å²) in [6, 6.07) is 7.79. The standard InChI is InChI=1S/C13H12O3/c14-12(15)8-13(5-6-13)10-2-1-3-11-9(10)4-7-16-11/h1-4,7H,5-6,8H2,(H,14,15). The van der Waals surface area contributed by atoms with E-state index >= 15 is 0 Å². The lowest BCUT2D eigenvalue weighted by molar-refractivity contribution is -0.137. The molecule has 0 amide bonds. The number of carboxylic acids is 1. The third kappa shape index (κ3) is 1.32. The zero-order valence-corrected chi connectivity index (χ0v) is 8.77. The highest BCUT2D eigenvalue weighted by Crippen LogP contribution is 2.52. The monoisotopic (exact) mass is 216 g/mol. The van der Waals surface area contributed by atoms with Crippen molar-refractivity contribution in [3.8, 4) is 0 Å². The molecular weight excluding hydrogens is 204 g/mol. The quantitative estimate of drug-likeness (QED) is 0.858. The van der Waals surface area contributed by atoms with Crippen molar-refractivity contribution in [1.29, 1.82) is 0 Å². The van der Waals surface area contributed by atoms with Crippen molar-refractivity contribution in [1.82, 2.24) is 0 Å². The molecule has 0 spiro atoms. The van der Waals surface area contributed by atoms with E-state index in [9.17, 15) is 4.79 Å². The lowest BCUT2D eigenvalue weighted by Gasteiger charge is -2.13. The first-order chi connectivity index (χ1) is 7.71. The Hall–Kier alpha value is -1.77. The van der Waals surface area contributed by atoms with Crippen LogP contribution in [0.15, 0.2) is 34.9 Å². The van der Waals surface area contributed by atoms with Gasteiger partial charge in [-0.2, -0.15) is 0 Å². The van der Waals surface area contributed by atoms with Crippen LogP contribution in [0.3, 0.4) is 0 Å². The molecule has 0 unspecified atom stereocenters. The molecule has 1 N–H and O–H groups in total. The minimum absolute atomic E-state index is 0.144. The van der Waals surface area contributed by atoms with E-state index in [1.54, 1.807) is 6.26 Å². The van der Waals surface area contributed by atoms with Gasteiger partial charge in [0.15, 0.2) is 0 Å². The Morgan fingerprint density at radius 3 is 2.88 bits per heavy atom. The first-order valence-electron chi connectivity index (χ1n) is 5.40. The molecule has 3 rings (SSSR count). The second kappa shape index (κ2) is 3.11. The highest BCUT2D eigenvalue weighted by atomic mass is 16.4. The third-order valence-electron chi connectivity index (χ3n) is 3.41. The fourth-order valence-electron chi connectivity index (χ4n) is 2.44. The van der Waals surface area contributed by atoms with Gasteiger partial charge in [0.25, 0.3) is 0 Å². The minimum Gasteiger partial charge on any atom is -0.481 e. The highest BCUT2D eigenvalue weighted by Gasteiger charge is 2.46. The number of aliphatic carboxylic acids is 1. The SMILES string of the molecule is O=C(O)CC1(c2cccc3occc23)CC1. The average Bonchev–Trinajstić information content (AvgIpc) is 2.85. The van der Waals surface area contributed by atoms with Crippen molar-refractivity contribution in [2.45, 2.75) is 24.7 Å². The molecule has 82 valence electrons. The highest BCUT2D eigenvalue weighted by molar-refractivity contribution is 5.84. The van der Waals surface area contributed by atoms with Crippen LogP contribution in [0.1, 0.15) is 24.8 Å². The molecule has 2 aromatic rings. The van der Waals surface area contributed by atoms with Crippen LogP contribution in [0.2, 0.25) is 0 Å². The van der Waals surface area contributed by atoms with Crippen LogP contribution in [0.5, 0.6) is 0 Å². The number of carbonyl (C=O) groups is 1. The first kappa shape index (κ1) is 9.46. The van der Waals surface area contributed by atoms with Gasteiger partial charge in [0.1, 0.15) is 5.58 Å². The van der Waals surface area contributed by atoms with E-state index in [0.717, 1.165) is 29.4 Å². The van der Waals surface area contributed by atoms with Crippen molar-refractivity contribution in [3.63, 3.8) is 0 Å². The molecule has 1 aliphatic rings. The number of hydrogen-bond acceptors (Lipinski definition) is 2. The Labute approximate surface area is 92.7 Å². The van der Waals surface area contributed by atoms with Gasteiger partial charge in [0.2, 0.25) is 0 Å². The average molecular weight is 216 g/mol. The van der Waals surface area contributed by atoms with Crippen LogP contribution >= 0.6 is 0 Å². The summed E-state index contributed by atoms with van der Waals surface area (Å²) in [7, 11) is 0. The second-order valence-corrected chi connectivity index (χ2v) is 4.49. The summed E-state index contributed by atoms with van der Waals surface area (Å²) in [4.78, 5) is 10.9. The predicted molar refractivity (Wildman–Crippen MR) is 59.4 cm³/mol. The van der Waals surface area contributed by atoms with Gasteiger partial charge in [-0.15, -0.1) is 0 Å². The van der Waals surface area contributed by atoms with Crippen molar-refractivity contribution < 1.29 is 14.3 Å². The first-order valence-corrected chi connectivity index (χ1v) is 5.40. The number of rotatable bonds is 3. The van der Waals surface area contributed by atoms with Crippen molar-refractivity contribution in [2.24, 2.45) is 0 Å². The Bertz CT molecular complexity index is 549. The lowest BCUT2D eigenvalue weighted by atomic mass is 9.90. The van der Waals surface area contributed by atoms with E-state index in [0.29, 0.717) is 0 Å². The van der Waals surface area contributed by atoms with E-state index in [2.05, 4.69) is 0 Å². The van der Waals surface area contributed by atoms with Crippen LogP contribution in [0.25, 0.3) is 11.0 Å². The summed E-state index contributed by atoms with van der Waals surface area (Å²) in [5.41, 5.74) is 1.82. The minimum atomic E-state index is -0.724. The molecule has 0 aliphatic heterocycles. The third-order valence-corrected chi connectivity index (χ3v) is 3.41. The van der Waals surface area contributed by atoms with Gasteiger partial charge in [-0.3, -0.25) is 4.79 Å². The molecule has 1 aliphatic carbocycles. The molecule has 16 heavy (non-hydrogen) atoms. The molecule has 0 bridgehead atoms. The van der Waals surface area contributed by atoms with Crippen LogP contribution < -0.4 is 0 Å². The number of furan rings is 1. The number of carboxylic acid groups (broad SMARTS) is 1. The Balaban J connectivity index is 2.12. The Morgan fingerprint density at radius 1 is 1.38 bits per heavy atom. The molecule has 1 saturated carbocycles. The summed E-state index contributed by atoms with van der Waals surface area (Å²) < 4.78 is 5.34.